The van der Waals surface area contributed by atoms with Gasteiger partial charge in [0.05, 0.1) is 16.5 Å². The summed E-state index contributed by atoms with van der Waals surface area (Å²) in [6, 6.07) is 0.935. The summed E-state index contributed by atoms with van der Waals surface area (Å²) in [7, 11) is 1.70. The van der Waals surface area contributed by atoms with E-state index >= 15 is 8.78 Å². The second kappa shape index (κ2) is 6.63. The van der Waals surface area contributed by atoms with E-state index in [2.05, 4.69) is 12.2 Å². The Labute approximate surface area is 183 Å². The van der Waals surface area contributed by atoms with Crippen LogP contribution in [0.5, 0.6) is 0 Å². The van der Waals surface area contributed by atoms with E-state index in [1.165, 1.54) is 10.8 Å². The van der Waals surface area contributed by atoms with Crippen molar-refractivity contribution in [1.82, 2.24) is 4.57 Å². The predicted molar refractivity (Wildman–Crippen MR) is 114 cm³/mol. The van der Waals surface area contributed by atoms with Crippen molar-refractivity contribution in [2.24, 2.45) is 17.8 Å². The number of aromatic carboxylic acids is 1. The molecule has 1 aromatic heterocycles. The normalized spacial score (nSPS) is 30.8. The summed E-state index contributed by atoms with van der Waals surface area (Å²) < 4.78 is 38.7. The van der Waals surface area contributed by atoms with Gasteiger partial charge in [0.1, 0.15) is 17.1 Å². The summed E-state index contributed by atoms with van der Waals surface area (Å²) in [5.74, 6) is -2.24. The molecule has 6 nitrogen and oxygen atoms in total. The standard InChI is InChI=1S/C24H24F2N2O4/c1-32-24-6-4-12(5-7-24)15-9-27(11-17(15)24)21-18(25)8-14-20(19(21)26)28(13-2-3-13)10-16(22(14)29)23(30)31/h4,6,8,10,12-13,15,17H,2-3,5,7,9,11H2,1H3,(H,30,31). The molecular weight excluding hydrogens is 418 g/mol. The number of carboxylic acids is 1. The van der Waals surface area contributed by atoms with Crippen LogP contribution in [0.4, 0.5) is 14.5 Å². The van der Waals surface area contributed by atoms with E-state index in [9.17, 15) is 14.7 Å². The van der Waals surface area contributed by atoms with Gasteiger partial charge in [-0.3, -0.25) is 4.79 Å². The Kier molecular flexibility index (Phi) is 4.13. The Balaban J connectivity index is 1.50. The van der Waals surface area contributed by atoms with Gasteiger partial charge < -0.3 is 19.3 Å². The summed E-state index contributed by atoms with van der Waals surface area (Å²) >= 11 is 0. The van der Waals surface area contributed by atoms with Crippen LogP contribution in [0, 0.1) is 29.4 Å². The number of nitrogens with zero attached hydrogens (tertiary/aromatic N) is 2. The number of ether oxygens (including phenoxy) is 1. The fourth-order valence-electron chi connectivity index (χ4n) is 6.32. The third-order valence-corrected chi connectivity index (χ3v) is 8.09. The van der Waals surface area contributed by atoms with Gasteiger partial charge in [-0.1, -0.05) is 12.2 Å². The minimum absolute atomic E-state index is 0.00340. The van der Waals surface area contributed by atoms with Gasteiger partial charge in [-0.15, -0.1) is 0 Å². The number of hydrogen-bond acceptors (Lipinski definition) is 4. The molecule has 2 aromatic rings. The van der Waals surface area contributed by atoms with Crippen molar-refractivity contribution in [3.8, 4) is 0 Å². The number of anilines is 1. The highest BCUT2D eigenvalue weighted by Crippen LogP contribution is 2.53. The van der Waals surface area contributed by atoms with E-state index < -0.39 is 34.2 Å². The summed E-state index contributed by atoms with van der Waals surface area (Å²) in [5, 5.41) is 9.19. The topological polar surface area (TPSA) is 71.8 Å². The van der Waals surface area contributed by atoms with Gasteiger partial charge in [-0.25, -0.2) is 13.6 Å². The molecule has 2 bridgehead atoms. The van der Waals surface area contributed by atoms with Crippen LogP contribution >= 0.6 is 0 Å². The van der Waals surface area contributed by atoms with Crippen LogP contribution in [0.2, 0.25) is 0 Å². The number of fused-ring (bicyclic) bond motifs is 2. The second-order valence-corrected chi connectivity index (χ2v) is 9.63. The molecule has 5 aliphatic rings. The third-order valence-electron chi connectivity index (χ3n) is 8.09. The minimum atomic E-state index is -1.40. The zero-order chi connectivity index (χ0) is 22.4. The molecule has 32 heavy (non-hydrogen) atoms. The molecule has 168 valence electrons. The van der Waals surface area contributed by atoms with Crippen LogP contribution in [0.1, 0.15) is 42.1 Å². The smallest absolute Gasteiger partial charge is 0.341 e. The van der Waals surface area contributed by atoms with E-state index in [0.717, 1.165) is 31.7 Å². The Bertz CT molecular complexity index is 1250. The molecule has 0 spiro atoms. The van der Waals surface area contributed by atoms with E-state index in [4.69, 9.17) is 4.74 Å². The van der Waals surface area contributed by atoms with Crippen molar-refractivity contribution in [3.63, 3.8) is 0 Å². The first-order valence-electron chi connectivity index (χ1n) is 11.1. The number of carboxylic acid groups (broad SMARTS) is 1. The van der Waals surface area contributed by atoms with Gasteiger partial charge in [0.25, 0.3) is 0 Å². The number of rotatable bonds is 4. The molecule has 1 N–H and O–H groups in total. The van der Waals surface area contributed by atoms with Gasteiger partial charge >= 0.3 is 5.97 Å². The molecule has 1 aliphatic heterocycles. The molecule has 0 radical (unpaired) electrons. The molecule has 4 aliphatic carbocycles. The lowest BCUT2D eigenvalue weighted by Gasteiger charge is -2.48. The first-order valence-corrected chi connectivity index (χ1v) is 11.1. The van der Waals surface area contributed by atoms with Gasteiger partial charge in [-0.05, 0) is 43.6 Å². The van der Waals surface area contributed by atoms with Crippen molar-refractivity contribution in [1.29, 1.82) is 0 Å². The van der Waals surface area contributed by atoms with Crippen LogP contribution in [0.25, 0.3) is 10.9 Å². The number of hydrogen-bond donors (Lipinski definition) is 1. The Hall–Kier alpha value is -2.74. The second-order valence-electron chi connectivity index (χ2n) is 9.63. The minimum Gasteiger partial charge on any atom is -0.477 e. The van der Waals surface area contributed by atoms with Gasteiger partial charge in [-0.2, -0.15) is 0 Å². The predicted octanol–water partition coefficient (Wildman–Crippen LogP) is 3.73. The van der Waals surface area contributed by atoms with E-state index in [1.54, 1.807) is 12.0 Å². The van der Waals surface area contributed by atoms with Gasteiger partial charge in [0.15, 0.2) is 5.82 Å². The van der Waals surface area contributed by atoms with Gasteiger partial charge in [0.2, 0.25) is 5.43 Å². The molecule has 4 atom stereocenters. The molecule has 7 rings (SSSR count). The van der Waals surface area contributed by atoms with Gasteiger partial charge in [0, 0.05) is 38.4 Å². The lowest BCUT2D eigenvalue weighted by molar-refractivity contribution is -0.0728. The molecule has 0 amide bonds. The molecule has 2 heterocycles. The van der Waals surface area contributed by atoms with Crippen LogP contribution in [-0.4, -0.2) is 41.4 Å². The van der Waals surface area contributed by atoms with Crippen molar-refractivity contribution in [2.75, 3.05) is 25.1 Å². The lowest BCUT2D eigenvalue weighted by atomic mass is 9.61. The number of methoxy groups -OCH3 is 1. The summed E-state index contributed by atoms with van der Waals surface area (Å²) in [4.78, 5) is 26.0. The first-order chi connectivity index (χ1) is 15.3. The summed E-state index contributed by atoms with van der Waals surface area (Å²) in [6.45, 7) is 0.991. The SMILES string of the molecule is COC12C=CC(CC1)C1CN(c3c(F)cc4c(=O)c(C(=O)O)cn(C5CC5)c4c3F)CC12. The molecule has 1 saturated heterocycles. The lowest BCUT2D eigenvalue weighted by Crippen LogP contribution is -2.50. The third kappa shape index (κ3) is 2.59. The Morgan fingerprint density at radius 2 is 2.03 bits per heavy atom. The largest absolute Gasteiger partial charge is 0.477 e. The number of halogens is 2. The maximum atomic E-state index is 16.0. The summed E-state index contributed by atoms with van der Waals surface area (Å²) in [6.07, 6.45) is 8.95. The highest BCUT2D eigenvalue weighted by Gasteiger charge is 2.55. The number of allylic oxidation sites excluding steroid dienone is 1. The molecule has 8 heteroatoms. The maximum absolute atomic E-state index is 16.0. The summed E-state index contributed by atoms with van der Waals surface area (Å²) in [5.41, 5.74) is -1.85. The average molecular weight is 442 g/mol. The fraction of sp³-hybridized carbons (Fsp3) is 0.500. The Morgan fingerprint density at radius 3 is 2.66 bits per heavy atom. The number of pyridine rings is 1. The number of benzene rings is 1. The molecular formula is C24H24F2N2O4. The monoisotopic (exact) mass is 442 g/mol. The maximum Gasteiger partial charge on any atom is 0.341 e. The van der Waals surface area contributed by atoms with Crippen molar-refractivity contribution >= 4 is 22.6 Å². The first kappa shape index (κ1) is 19.9. The Morgan fingerprint density at radius 1 is 1.25 bits per heavy atom. The van der Waals surface area contributed by atoms with E-state index in [0.29, 0.717) is 19.0 Å². The van der Waals surface area contributed by atoms with Crippen molar-refractivity contribution in [3.05, 3.63) is 51.8 Å². The fourth-order valence-corrected chi connectivity index (χ4v) is 6.32. The van der Waals surface area contributed by atoms with Crippen LogP contribution in [-0.2, 0) is 4.74 Å². The molecule has 4 unspecified atom stereocenters. The average Bonchev–Trinajstić information content (AvgIpc) is 3.52. The van der Waals surface area contributed by atoms with Crippen LogP contribution in [0.3, 0.4) is 0 Å². The van der Waals surface area contributed by atoms with Crippen LogP contribution in [0.15, 0.2) is 29.2 Å². The molecule has 1 aromatic carbocycles. The van der Waals surface area contributed by atoms with E-state index in [-0.39, 0.29) is 34.5 Å². The molecule has 3 fully saturated rings. The van der Waals surface area contributed by atoms with E-state index in [1.807, 2.05) is 0 Å². The zero-order valence-corrected chi connectivity index (χ0v) is 17.7. The van der Waals surface area contributed by atoms with Crippen LogP contribution < -0.4 is 10.3 Å². The quantitative estimate of drug-likeness (QED) is 0.731. The number of carbonyl (C=O) groups is 1. The van der Waals surface area contributed by atoms with Crippen molar-refractivity contribution < 1.29 is 23.4 Å². The molecule has 2 saturated carbocycles. The highest BCUT2D eigenvalue weighted by atomic mass is 19.1. The number of aromatic nitrogens is 1. The highest BCUT2D eigenvalue weighted by molar-refractivity contribution is 5.94. The zero-order valence-electron chi connectivity index (χ0n) is 17.7. The van der Waals surface area contributed by atoms with Crippen molar-refractivity contribution in [2.45, 2.75) is 37.3 Å².